The first-order chi connectivity index (χ1) is 10.9. The molecule has 1 aliphatic heterocycles. The van der Waals surface area contributed by atoms with Crippen LogP contribution in [0.4, 0.5) is 0 Å². The van der Waals surface area contributed by atoms with Crippen molar-refractivity contribution in [3.8, 4) is 11.8 Å². The largest absolute Gasteiger partial charge is 0.414 e. The summed E-state index contributed by atoms with van der Waals surface area (Å²) in [7, 11) is -1.86. The zero-order valence-electron chi connectivity index (χ0n) is 16.6. The molecule has 0 unspecified atom stereocenters. The van der Waals surface area contributed by atoms with Crippen LogP contribution in [-0.2, 0) is 18.7 Å². The van der Waals surface area contributed by atoms with Crippen LogP contribution < -0.4 is 0 Å². The molecule has 0 spiro atoms. The maximum atomic E-state index is 11.8. The number of Topliss-reactive ketones (excluding diaryl/α,β-unsaturated/α-hetero) is 1. The summed E-state index contributed by atoms with van der Waals surface area (Å²) >= 11 is 0. The van der Waals surface area contributed by atoms with E-state index in [0.717, 1.165) is 12.8 Å². The van der Waals surface area contributed by atoms with Crippen molar-refractivity contribution >= 4 is 14.1 Å². The van der Waals surface area contributed by atoms with E-state index in [1.165, 1.54) is 0 Å². The highest BCUT2D eigenvalue weighted by Gasteiger charge is 2.43. The summed E-state index contributed by atoms with van der Waals surface area (Å²) in [6.45, 7) is 17.3. The van der Waals surface area contributed by atoms with Gasteiger partial charge in [-0.3, -0.25) is 4.79 Å². The van der Waals surface area contributed by atoms with Crippen LogP contribution >= 0.6 is 0 Å². The Morgan fingerprint density at radius 3 is 2.42 bits per heavy atom. The van der Waals surface area contributed by atoms with E-state index in [9.17, 15) is 4.79 Å². The normalized spacial score (nSPS) is 23.7. The number of ether oxygens (including phenoxy) is 2. The molecule has 4 nitrogen and oxygen atoms in total. The molecule has 0 N–H and O–H groups in total. The van der Waals surface area contributed by atoms with E-state index < -0.39 is 20.2 Å². The summed E-state index contributed by atoms with van der Waals surface area (Å²) in [6.07, 6.45) is 1.69. The van der Waals surface area contributed by atoms with Crippen molar-refractivity contribution in [3.05, 3.63) is 0 Å². The highest BCUT2D eigenvalue weighted by atomic mass is 28.4. The van der Waals surface area contributed by atoms with E-state index in [4.69, 9.17) is 13.9 Å². The first kappa shape index (κ1) is 21.4. The molecule has 2 atom stereocenters. The quantitative estimate of drug-likeness (QED) is 0.405. The Bertz CT molecular complexity index is 494. The van der Waals surface area contributed by atoms with Gasteiger partial charge in [0.1, 0.15) is 12.2 Å². The number of carbonyl (C=O) groups is 1. The van der Waals surface area contributed by atoms with Gasteiger partial charge in [0.2, 0.25) is 5.78 Å². The zero-order valence-corrected chi connectivity index (χ0v) is 17.6. The maximum absolute atomic E-state index is 11.8. The number of hydrogen-bond acceptors (Lipinski definition) is 4. The van der Waals surface area contributed by atoms with Gasteiger partial charge in [-0.2, -0.15) is 0 Å². The third kappa shape index (κ3) is 6.32. The predicted molar refractivity (Wildman–Crippen MR) is 99.3 cm³/mol. The molecule has 5 heteroatoms. The van der Waals surface area contributed by atoms with Gasteiger partial charge in [0.05, 0.1) is 6.61 Å². The second kappa shape index (κ2) is 8.14. The van der Waals surface area contributed by atoms with Crippen molar-refractivity contribution < 1.29 is 18.7 Å². The zero-order chi connectivity index (χ0) is 18.6. The Labute approximate surface area is 148 Å². The average Bonchev–Trinajstić information content (AvgIpc) is 2.74. The Morgan fingerprint density at radius 2 is 1.88 bits per heavy atom. The van der Waals surface area contributed by atoms with Crippen LogP contribution in [0, 0.1) is 11.8 Å². The number of ketones is 1. The molecule has 1 heterocycles. The second-order valence-electron chi connectivity index (χ2n) is 8.46. The molecule has 1 fully saturated rings. The minimum atomic E-state index is -1.86. The van der Waals surface area contributed by atoms with Crippen molar-refractivity contribution in [1.82, 2.24) is 0 Å². The molecule has 0 aromatic rings. The van der Waals surface area contributed by atoms with Crippen LogP contribution in [0.5, 0.6) is 0 Å². The van der Waals surface area contributed by atoms with E-state index in [0.29, 0.717) is 13.0 Å². The molecule has 0 aromatic heterocycles. The molecule has 0 amide bonds. The first-order valence-electron chi connectivity index (χ1n) is 8.92. The van der Waals surface area contributed by atoms with Gasteiger partial charge in [-0.05, 0) is 44.3 Å². The fourth-order valence-corrected chi connectivity index (χ4v) is 3.15. The molecular weight excluding hydrogens is 320 g/mol. The smallest absolute Gasteiger partial charge is 0.205 e. The first-order valence-corrected chi connectivity index (χ1v) is 11.8. The molecule has 1 aliphatic rings. The summed E-state index contributed by atoms with van der Waals surface area (Å²) in [5, 5.41) is 0.138. The van der Waals surface area contributed by atoms with Gasteiger partial charge in [-0.25, -0.2) is 0 Å². The standard InChI is InChI=1S/C19H34O4Si/c1-9-10-11-15(20)12-13-16-17(23-19(5,6)22-16)14-21-24(7,8)18(2,3)4/h16-17H,9-11,14H2,1-8H3/t16-,17-/m0/s1. The monoisotopic (exact) mass is 354 g/mol. The molecule has 24 heavy (non-hydrogen) atoms. The molecule has 0 aromatic carbocycles. The van der Waals surface area contributed by atoms with E-state index in [-0.39, 0.29) is 16.9 Å². The van der Waals surface area contributed by atoms with Crippen LogP contribution in [0.1, 0.15) is 60.8 Å². The number of hydrogen-bond donors (Lipinski definition) is 0. The van der Waals surface area contributed by atoms with Gasteiger partial charge >= 0.3 is 0 Å². The number of rotatable bonds is 6. The van der Waals surface area contributed by atoms with Crippen LogP contribution in [-0.4, -0.2) is 38.7 Å². The lowest BCUT2D eigenvalue weighted by Crippen LogP contribution is -2.44. The van der Waals surface area contributed by atoms with E-state index in [2.05, 4.69) is 52.6 Å². The van der Waals surface area contributed by atoms with Crippen LogP contribution in [0.25, 0.3) is 0 Å². The predicted octanol–water partition coefficient (Wildman–Crippen LogP) is 4.29. The van der Waals surface area contributed by atoms with Gasteiger partial charge in [0.15, 0.2) is 14.1 Å². The topological polar surface area (TPSA) is 44.8 Å². The van der Waals surface area contributed by atoms with Crippen molar-refractivity contribution in [1.29, 1.82) is 0 Å². The van der Waals surface area contributed by atoms with E-state index >= 15 is 0 Å². The third-order valence-corrected chi connectivity index (χ3v) is 9.21. The van der Waals surface area contributed by atoms with Gasteiger partial charge < -0.3 is 13.9 Å². The Balaban J connectivity index is 2.73. The fraction of sp³-hybridized carbons (Fsp3) is 0.842. The summed E-state index contributed by atoms with van der Waals surface area (Å²) in [5.41, 5.74) is 0. The molecule has 1 rings (SSSR count). The Kier molecular flexibility index (Phi) is 7.25. The molecular formula is C19H34O4Si. The third-order valence-electron chi connectivity index (χ3n) is 4.71. The molecule has 0 radical (unpaired) electrons. The summed E-state index contributed by atoms with van der Waals surface area (Å²) in [6, 6.07) is 0. The number of unbranched alkanes of at least 4 members (excludes halogenated alkanes) is 1. The van der Waals surface area contributed by atoms with E-state index in [1.54, 1.807) is 0 Å². The van der Waals surface area contributed by atoms with Gasteiger partial charge in [0, 0.05) is 6.42 Å². The second-order valence-corrected chi connectivity index (χ2v) is 13.3. The molecule has 1 saturated heterocycles. The lowest BCUT2D eigenvalue weighted by molar-refractivity contribution is -0.145. The number of carbonyl (C=O) groups excluding carboxylic acids is 1. The highest BCUT2D eigenvalue weighted by molar-refractivity contribution is 6.74. The lowest BCUT2D eigenvalue weighted by atomic mass is 10.1. The highest BCUT2D eigenvalue weighted by Crippen LogP contribution is 2.37. The van der Waals surface area contributed by atoms with Crippen molar-refractivity contribution in [2.24, 2.45) is 0 Å². The summed E-state index contributed by atoms with van der Waals surface area (Å²) < 4.78 is 18.1. The van der Waals surface area contributed by atoms with Crippen molar-refractivity contribution in [3.63, 3.8) is 0 Å². The van der Waals surface area contributed by atoms with Gasteiger partial charge in [-0.15, -0.1) is 0 Å². The van der Waals surface area contributed by atoms with E-state index in [1.807, 2.05) is 13.8 Å². The van der Waals surface area contributed by atoms with Crippen LogP contribution in [0.15, 0.2) is 0 Å². The average molecular weight is 355 g/mol. The SMILES string of the molecule is CCCCC(=O)C#C[C@@H]1OC(C)(C)O[C@H]1CO[Si](C)(C)C(C)(C)C. The minimum Gasteiger partial charge on any atom is -0.414 e. The minimum absolute atomic E-state index is 0.0331. The fourth-order valence-electron chi connectivity index (χ4n) is 2.14. The van der Waals surface area contributed by atoms with Crippen LogP contribution in [0.3, 0.4) is 0 Å². The summed E-state index contributed by atoms with van der Waals surface area (Å²) in [5.74, 6) is 4.94. The van der Waals surface area contributed by atoms with Gasteiger partial charge in [-0.1, -0.05) is 40.0 Å². The molecule has 138 valence electrons. The van der Waals surface area contributed by atoms with Crippen molar-refractivity contribution in [2.45, 2.75) is 96.9 Å². The molecule has 0 saturated carbocycles. The molecule has 0 aliphatic carbocycles. The van der Waals surface area contributed by atoms with Crippen LogP contribution in [0.2, 0.25) is 18.1 Å². The maximum Gasteiger partial charge on any atom is 0.205 e. The molecule has 0 bridgehead atoms. The summed E-state index contributed by atoms with van der Waals surface area (Å²) in [4.78, 5) is 11.8. The van der Waals surface area contributed by atoms with Gasteiger partial charge in [0.25, 0.3) is 0 Å². The van der Waals surface area contributed by atoms with Crippen molar-refractivity contribution in [2.75, 3.05) is 6.61 Å². The lowest BCUT2D eigenvalue weighted by Gasteiger charge is -2.37. The Hall–Kier alpha value is -0.673. The Morgan fingerprint density at radius 1 is 1.25 bits per heavy atom.